The summed E-state index contributed by atoms with van der Waals surface area (Å²) in [5, 5.41) is 6.56. The van der Waals surface area contributed by atoms with Crippen molar-refractivity contribution >= 4 is 5.91 Å². The minimum Gasteiger partial charge on any atom is -0.341 e. The van der Waals surface area contributed by atoms with Crippen molar-refractivity contribution in [2.75, 3.05) is 33.2 Å². The van der Waals surface area contributed by atoms with Crippen molar-refractivity contribution in [1.82, 2.24) is 15.5 Å². The first-order chi connectivity index (χ1) is 12.3. The van der Waals surface area contributed by atoms with Crippen LogP contribution in [-0.2, 0) is 4.79 Å². The summed E-state index contributed by atoms with van der Waals surface area (Å²) in [5.41, 5.74) is 2.51. The summed E-state index contributed by atoms with van der Waals surface area (Å²) in [4.78, 5) is 14.6. The summed E-state index contributed by atoms with van der Waals surface area (Å²) in [7, 11) is 1.95. The lowest BCUT2D eigenvalue weighted by molar-refractivity contribution is -0.129. The van der Waals surface area contributed by atoms with Crippen molar-refractivity contribution in [1.29, 1.82) is 0 Å². The Balaban J connectivity index is 1.79. The fraction of sp³-hybridized carbons (Fsp3) is 0.381. The molecule has 0 spiro atoms. The van der Waals surface area contributed by atoms with Crippen LogP contribution in [0.25, 0.3) is 0 Å². The van der Waals surface area contributed by atoms with Crippen molar-refractivity contribution in [3.8, 4) is 0 Å². The normalized spacial score (nSPS) is 18.4. The van der Waals surface area contributed by atoms with Crippen molar-refractivity contribution in [3.63, 3.8) is 0 Å². The van der Waals surface area contributed by atoms with Crippen LogP contribution in [0.5, 0.6) is 0 Å². The van der Waals surface area contributed by atoms with Gasteiger partial charge in [-0.15, -0.1) is 0 Å². The van der Waals surface area contributed by atoms with Gasteiger partial charge in [-0.05, 0) is 24.6 Å². The zero-order valence-corrected chi connectivity index (χ0v) is 14.8. The highest BCUT2D eigenvalue weighted by atomic mass is 16.2. The molecule has 0 saturated carbocycles. The molecule has 1 atom stereocenters. The lowest BCUT2D eigenvalue weighted by atomic mass is 9.90. The Morgan fingerprint density at radius 2 is 1.68 bits per heavy atom. The highest BCUT2D eigenvalue weighted by Crippen LogP contribution is 2.26. The second-order valence-electron chi connectivity index (χ2n) is 6.64. The van der Waals surface area contributed by atoms with Crippen LogP contribution in [0.2, 0.25) is 0 Å². The van der Waals surface area contributed by atoms with E-state index in [9.17, 15) is 4.79 Å². The summed E-state index contributed by atoms with van der Waals surface area (Å²) in [6, 6.07) is 21.3. The molecular formula is C21H27N3O. The van der Waals surface area contributed by atoms with Crippen LogP contribution in [0.1, 0.15) is 23.5 Å². The number of hydrogen-bond donors (Lipinski definition) is 2. The molecule has 4 heteroatoms. The van der Waals surface area contributed by atoms with Crippen LogP contribution in [0.4, 0.5) is 0 Å². The van der Waals surface area contributed by atoms with E-state index < -0.39 is 0 Å². The summed E-state index contributed by atoms with van der Waals surface area (Å²) < 4.78 is 0. The molecule has 1 saturated heterocycles. The standard InChI is InChI=1S/C21H27N3O/c1-22-14-19-12-13-24(21(25)15-23-19)16-20(17-8-4-2-5-9-17)18-10-6-3-7-11-18/h2-11,19-20,22-23H,12-16H2,1H3. The van der Waals surface area contributed by atoms with Gasteiger partial charge in [-0.2, -0.15) is 0 Å². The van der Waals surface area contributed by atoms with Gasteiger partial charge in [0.05, 0.1) is 6.54 Å². The first kappa shape index (κ1) is 17.6. The average Bonchev–Trinajstić information content (AvgIpc) is 2.83. The molecule has 2 N–H and O–H groups in total. The number of nitrogens with zero attached hydrogens (tertiary/aromatic N) is 1. The maximum absolute atomic E-state index is 12.6. The van der Waals surface area contributed by atoms with Gasteiger partial charge < -0.3 is 15.5 Å². The Hall–Kier alpha value is -2.17. The van der Waals surface area contributed by atoms with Gasteiger partial charge in [-0.3, -0.25) is 4.79 Å². The van der Waals surface area contributed by atoms with E-state index in [1.807, 2.05) is 24.1 Å². The van der Waals surface area contributed by atoms with E-state index in [1.165, 1.54) is 11.1 Å². The highest BCUT2D eigenvalue weighted by Gasteiger charge is 2.25. The van der Waals surface area contributed by atoms with Crippen LogP contribution in [-0.4, -0.2) is 50.1 Å². The highest BCUT2D eigenvalue weighted by molar-refractivity contribution is 5.78. The molecule has 1 aliphatic rings. The summed E-state index contributed by atoms with van der Waals surface area (Å²) in [6.45, 7) is 2.83. The summed E-state index contributed by atoms with van der Waals surface area (Å²) in [6.07, 6.45) is 0.975. The van der Waals surface area contributed by atoms with Gasteiger partial charge in [-0.25, -0.2) is 0 Å². The maximum atomic E-state index is 12.6. The molecule has 2 aromatic rings. The third-order valence-corrected chi connectivity index (χ3v) is 4.90. The third kappa shape index (κ3) is 4.68. The molecule has 0 bridgehead atoms. The quantitative estimate of drug-likeness (QED) is 0.850. The van der Waals surface area contributed by atoms with Crippen LogP contribution < -0.4 is 10.6 Å². The lowest BCUT2D eigenvalue weighted by Crippen LogP contribution is -2.40. The van der Waals surface area contributed by atoms with Crippen LogP contribution >= 0.6 is 0 Å². The zero-order chi connectivity index (χ0) is 17.5. The number of rotatable bonds is 6. The van der Waals surface area contributed by atoms with Crippen LogP contribution in [0.3, 0.4) is 0 Å². The summed E-state index contributed by atoms with van der Waals surface area (Å²) in [5.74, 6) is 0.391. The number of amides is 1. The first-order valence-electron chi connectivity index (χ1n) is 9.03. The zero-order valence-electron chi connectivity index (χ0n) is 14.8. The van der Waals surface area contributed by atoms with Gasteiger partial charge in [0.1, 0.15) is 0 Å². The second kappa shape index (κ2) is 8.79. The molecule has 2 aromatic carbocycles. The van der Waals surface area contributed by atoms with Gasteiger partial charge >= 0.3 is 0 Å². The molecule has 1 amide bonds. The Morgan fingerprint density at radius 1 is 1.08 bits per heavy atom. The van der Waals surface area contributed by atoms with Gasteiger partial charge in [0.2, 0.25) is 5.91 Å². The monoisotopic (exact) mass is 337 g/mol. The number of likely N-dealkylation sites (N-methyl/N-ethyl adjacent to an activating group) is 1. The fourth-order valence-electron chi connectivity index (χ4n) is 3.49. The maximum Gasteiger partial charge on any atom is 0.236 e. The van der Waals surface area contributed by atoms with Crippen molar-refractivity contribution in [2.45, 2.75) is 18.4 Å². The Bertz CT molecular complexity index is 620. The number of nitrogens with one attached hydrogen (secondary N) is 2. The van der Waals surface area contributed by atoms with E-state index in [0.717, 1.165) is 26.1 Å². The minimum atomic E-state index is 0.190. The van der Waals surface area contributed by atoms with Crippen LogP contribution in [0, 0.1) is 0 Å². The van der Waals surface area contributed by atoms with E-state index in [0.29, 0.717) is 12.6 Å². The number of carbonyl (C=O) groups excluding carboxylic acids is 1. The predicted molar refractivity (Wildman–Crippen MR) is 102 cm³/mol. The smallest absolute Gasteiger partial charge is 0.236 e. The Labute approximate surface area is 150 Å². The molecule has 1 aliphatic heterocycles. The molecule has 25 heavy (non-hydrogen) atoms. The number of carbonyl (C=O) groups is 1. The van der Waals surface area contributed by atoms with Gasteiger partial charge in [0.25, 0.3) is 0 Å². The number of hydrogen-bond acceptors (Lipinski definition) is 3. The van der Waals surface area contributed by atoms with Crippen LogP contribution in [0.15, 0.2) is 60.7 Å². The molecule has 0 aromatic heterocycles. The largest absolute Gasteiger partial charge is 0.341 e. The van der Waals surface area contributed by atoms with E-state index >= 15 is 0 Å². The first-order valence-corrected chi connectivity index (χ1v) is 9.03. The molecule has 0 aliphatic carbocycles. The van der Waals surface area contributed by atoms with E-state index in [4.69, 9.17) is 0 Å². The third-order valence-electron chi connectivity index (χ3n) is 4.90. The van der Waals surface area contributed by atoms with E-state index in [2.05, 4.69) is 59.2 Å². The molecule has 132 valence electrons. The SMILES string of the molecule is CNCC1CCN(CC(c2ccccc2)c2ccccc2)C(=O)CN1. The van der Waals surface area contributed by atoms with Gasteiger partial charge in [0, 0.05) is 31.6 Å². The predicted octanol–water partition coefficient (Wildman–Crippen LogP) is 2.23. The average molecular weight is 337 g/mol. The molecular weight excluding hydrogens is 310 g/mol. The Kier molecular flexibility index (Phi) is 6.20. The van der Waals surface area contributed by atoms with E-state index in [-0.39, 0.29) is 11.8 Å². The van der Waals surface area contributed by atoms with Gasteiger partial charge in [0.15, 0.2) is 0 Å². The molecule has 3 rings (SSSR count). The topological polar surface area (TPSA) is 44.4 Å². The summed E-state index contributed by atoms with van der Waals surface area (Å²) >= 11 is 0. The second-order valence-corrected chi connectivity index (χ2v) is 6.64. The molecule has 1 fully saturated rings. The van der Waals surface area contributed by atoms with Crippen molar-refractivity contribution < 1.29 is 4.79 Å². The van der Waals surface area contributed by atoms with Crippen molar-refractivity contribution in [3.05, 3.63) is 71.8 Å². The molecule has 1 unspecified atom stereocenters. The molecule has 0 radical (unpaired) electrons. The van der Waals surface area contributed by atoms with E-state index in [1.54, 1.807) is 0 Å². The molecule has 1 heterocycles. The molecule has 4 nitrogen and oxygen atoms in total. The Morgan fingerprint density at radius 3 is 2.24 bits per heavy atom. The minimum absolute atomic E-state index is 0.190. The lowest BCUT2D eigenvalue weighted by Gasteiger charge is -2.27. The number of benzene rings is 2. The van der Waals surface area contributed by atoms with Crippen molar-refractivity contribution in [2.24, 2.45) is 0 Å². The fourth-order valence-corrected chi connectivity index (χ4v) is 3.49. The van der Waals surface area contributed by atoms with Gasteiger partial charge in [-0.1, -0.05) is 60.7 Å².